The first kappa shape index (κ1) is 21.6. The number of halogens is 2. The van der Waals surface area contributed by atoms with Crippen molar-refractivity contribution in [3.05, 3.63) is 101 Å². The van der Waals surface area contributed by atoms with Gasteiger partial charge in [-0.05, 0) is 59.5 Å². The molecule has 30 heavy (non-hydrogen) atoms. The van der Waals surface area contributed by atoms with Crippen LogP contribution < -0.4 is 10.5 Å². The molecule has 3 aromatic carbocycles. The van der Waals surface area contributed by atoms with Crippen LogP contribution in [0.1, 0.15) is 22.7 Å². The molecular weight excluding hydrogens is 410 g/mol. The number of carbonyl (C=O) groups is 1. The van der Waals surface area contributed by atoms with Gasteiger partial charge in [-0.2, -0.15) is 0 Å². The maximum Gasteiger partial charge on any atom is 0.238 e. The van der Waals surface area contributed by atoms with Gasteiger partial charge in [0.1, 0.15) is 11.6 Å². The highest BCUT2D eigenvalue weighted by Crippen LogP contribution is 2.20. The third-order valence-electron chi connectivity index (χ3n) is 4.53. The highest BCUT2D eigenvalue weighted by atomic mass is 32.2. The molecule has 0 spiro atoms. The Bertz CT molecular complexity index is 1150. The quantitative estimate of drug-likeness (QED) is 0.603. The largest absolute Gasteiger partial charge is 0.349 e. The van der Waals surface area contributed by atoms with Gasteiger partial charge >= 0.3 is 0 Å². The van der Waals surface area contributed by atoms with E-state index in [1.54, 1.807) is 24.3 Å². The fourth-order valence-corrected chi connectivity index (χ4v) is 3.62. The number of sulfonamides is 1. The maximum atomic E-state index is 13.7. The average molecular weight is 430 g/mol. The van der Waals surface area contributed by atoms with E-state index in [4.69, 9.17) is 5.14 Å². The molecular formula is C22H20F2N2O3S. The molecule has 0 fully saturated rings. The van der Waals surface area contributed by atoms with E-state index < -0.39 is 27.7 Å². The smallest absolute Gasteiger partial charge is 0.238 e. The van der Waals surface area contributed by atoms with Gasteiger partial charge in [-0.15, -0.1) is 0 Å². The summed E-state index contributed by atoms with van der Waals surface area (Å²) in [6, 6.07) is 16.9. The number of nitrogens with two attached hydrogens (primary N) is 1. The molecule has 3 aromatic rings. The van der Waals surface area contributed by atoms with Gasteiger partial charge in [0.25, 0.3) is 0 Å². The van der Waals surface area contributed by atoms with Gasteiger partial charge in [-0.1, -0.05) is 36.4 Å². The minimum absolute atomic E-state index is 0.0140. The monoisotopic (exact) mass is 430 g/mol. The molecule has 3 N–H and O–H groups in total. The van der Waals surface area contributed by atoms with Gasteiger partial charge in [-0.3, -0.25) is 4.79 Å². The normalized spacial score (nSPS) is 12.4. The second-order valence-electron chi connectivity index (χ2n) is 6.87. The Kier molecular flexibility index (Phi) is 6.59. The number of nitrogens with one attached hydrogen (secondary N) is 1. The van der Waals surface area contributed by atoms with E-state index in [0.717, 1.165) is 0 Å². The van der Waals surface area contributed by atoms with E-state index in [-0.39, 0.29) is 23.6 Å². The van der Waals surface area contributed by atoms with Crippen molar-refractivity contribution in [3.8, 4) is 0 Å². The molecule has 0 aromatic heterocycles. The standard InChI is InChI=1S/C22H20F2N2O3S/c23-18-5-1-3-16(11-18)12-21(17-4-2-6-19(24)14-17)26-22(27)13-15-7-9-20(10-8-15)30(25,28)29/h1-11,14,21H,12-13H2,(H,26,27)(H2,25,28,29). The second-order valence-corrected chi connectivity index (χ2v) is 8.44. The van der Waals surface area contributed by atoms with Gasteiger partial charge < -0.3 is 5.32 Å². The van der Waals surface area contributed by atoms with Gasteiger partial charge in [0.2, 0.25) is 15.9 Å². The SMILES string of the molecule is NS(=O)(=O)c1ccc(CC(=O)NC(Cc2cccc(F)c2)c2cccc(F)c2)cc1. The van der Waals surface area contributed by atoms with E-state index in [1.165, 1.54) is 48.5 Å². The van der Waals surface area contributed by atoms with Crippen molar-refractivity contribution in [2.24, 2.45) is 5.14 Å². The first-order valence-electron chi connectivity index (χ1n) is 9.12. The molecule has 0 aliphatic rings. The number of amides is 1. The molecule has 1 unspecified atom stereocenters. The third kappa shape index (κ3) is 5.95. The molecule has 0 aliphatic heterocycles. The molecule has 5 nitrogen and oxygen atoms in total. The Hall–Kier alpha value is -3.10. The highest BCUT2D eigenvalue weighted by molar-refractivity contribution is 7.89. The molecule has 0 heterocycles. The van der Waals surface area contributed by atoms with Crippen LogP contribution in [-0.4, -0.2) is 14.3 Å². The van der Waals surface area contributed by atoms with E-state index in [9.17, 15) is 22.0 Å². The van der Waals surface area contributed by atoms with E-state index in [2.05, 4.69) is 5.32 Å². The number of hydrogen-bond acceptors (Lipinski definition) is 3. The number of carbonyl (C=O) groups excluding carboxylic acids is 1. The maximum absolute atomic E-state index is 13.7. The molecule has 0 bridgehead atoms. The minimum atomic E-state index is -3.81. The summed E-state index contributed by atoms with van der Waals surface area (Å²) in [5.74, 6) is -1.18. The van der Waals surface area contributed by atoms with Crippen LogP contribution >= 0.6 is 0 Å². The molecule has 1 amide bonds. The van der Waals surface area contributed by atoms with Crippen molar-refractivity contribution in [1.29, 1.82) is 0 Å². The molecule has 0 radical (unpaired) electrons. The van der Waals surface area contributed by atoms with Crippen LogP contribution in [0.15, 0.2) is 77.7 Å². The van der Waals surface area contributed by atoms with Crippen LogP contribution in [-0.2, 0) is 27.7 Å². The van der Waals surface area contributed by atoms with Crippen molar-refractivity contribution in [2.45, 2.75) is 23.8 Å². The van der Waals surface area contributed by atoms with E-state index in [0.29, 0.717) is 16.7 Å². The van der Waals surface area contributed by atoms with Gasteiger partial charge in [0.05, 0.1) is 17.4 Å². The van der Waals surface area contributed by atoms with Crippen LogP contribution in [0, 0.1) is 11.6 Å². The van der Waals surface area contributed by atoms with Crippen molar-refractivity contribution in [1.82, 2.24) is 5.32 Å². The summed E-state index contributed by atoms with van der Waals surface area (Å²) in [4.78, 5) is 12.6. The Morgan fingerprint density at radius 2 is 1.53 bits per heavy atom. The molecule has 8 heteroatoms. The molecule has 0 saturated carbocycles. The Labute approximate surface area is 173 Å². The lowest BCUT2D eigenvalue weighted by molar-refractivity contribution is -0.121. The fourth-order valence-electron chi connectivity index (χ4n) is 3.10. The van der Waals surface area contributed by atoms with E-state index >= 15 is 0 Å². The van der Waals surface area contributed by atoms with Crippen molar-refractivity contribution < 1.29 is 22.0 Å². The van der Waals surface area contributed by atoms with E-state index in [1.807, 2.05) is 0 Å². The Morgan fingerprint density at radius 1 is 0.900 bits per heavy atom. The number of benzene rings is 3. The second kappa shape index (κ2) is 9.15. The average Bonchev–Trinajstić information content (AvgIpc) is 2.67. The van der Waals surface area contributed by atoms with Gasteiger partial charge in [0, 0.05) is 0 Å². The zero-order valence-corrected chi connectivity index (χ0v) is 16.7. The fraction of sp³-hybridized carbons (Fsp3) is 0.136. The zero-order chi connectivity index (χ0) is 21.7. The lowest BCUT2D eigenvalue weighted by atomic mass is 9.98. The summed E-state index contributed by atoms with van der Waals surface area (Å²) in [6.45, 7) is 0. The van der Waals surface area contributed by atoms with Crippen molar-refractivity contribution in [3.63, 3.8) is 0 Å². The van der Waals surface area contributed by atoms with Crippen LogP contribution in [0.25, 0.3) is 0 Å². The minimum Gasteiger partial charge on any atom is -0.349 e. The van der Waals surface area contributed by atoms with Crippen LogP contribution in [0.5, 0.6) is 0 Å². The van der Waals surface area contributed by atoms with Gasteiger partial charge in [-0.25, -0.2) is 22.3 Å². The predicted octanol–water partition coefficient (Wildman–Crippen LogP) is 3.25. The van der Waals surface area contributed by atoms with Crippen molar-refractivity contribution >= 4 is 15.9 Å². The molecule has 156 valence electrons. The molecule has 3 rings (SSSR count). The summed E-state index contributed by atoms with van der Waals surface area (Å²) in [5.41, 5.74) is 1.79. The van der Waals surface area contributed by atoms with Crippen molar-refractivity contribution in [2.75, 3.05) is 0 Å². The van der Waals surface area contributed by atoms with Crippen LogP contribution in [0.2, 0.25) is 0 Å². The topological polar surface area (TPSA) is 89.3 Å². The number of primary sulfonamides is 1. The third-order valence-corrected chi connectivity index (χ3v) is 5.46. The molecule has 0 aliphatic carbocycles. The first-order chi connectivity index (χ1) is 14.2. The molecule has 1 atom stereocenters. The highest BCUT2D eigenvalue weighted by Gasteiger charge is 2.17. The van der Waals surface area contributed by atoms with Gasteiger partial charge in [0.15, 0.2) is 0 Å². The summed E-state index contributed by atoms with van der Waals surface area (Å²) in [7, 11) is -3.81. The summed E-state index contributed by atoms with van der Waals surface area (Å²) in [6.07, 6.45) is 0.261. The summed E-state index contributed by atoms with van der Waals surface area (Å²) in [5, 5.41) is 7.92. The zero-order valence-electron chi connectivity index (χ0n) is 15.9. The Morgan fingerprint density at radius 3 is 2.13 bits per heavy atom. The van der Waals surface area contributed by atoms with Crippen LogP contribution in [0.4, 0.5) is 8.78 Å². The lowest BCUT2D eigenvalue weighted by Gasteiger charge is -2.20. The van der Waals surface area contributed by atoms with Crippen LogP contribution in [0.3, 0.4) is 0 Å². The first-order valence-corrected chi connectivity index (χ1v) is 10.7. The Balaban J connectivity index is 1.77. The number of rotatable bonds is 7. The lowest BCUT2D eigenvalue weighted by Crippen LogP contribution is -2.31. The summed E-state index contributed by atoms with van der Waals surface area (Å²) >= 11 is 0. The summed E-state index contributed by atoms with van der Waals surface area (Å²) < 4.78 is 49.9. The molecule has 0 saturated heterocycles. The number of hydrogen-bond donors (Lipinski definition) is 2. The predicted molar refractivity (Wildman–Crippen MR) is 109 cm³/mol.